The number of nitrogens with zero attached hydrogens (tertiary/aromatic N) is 2. The molecule has 4 heteroatoms. The van der Waals surface area contributed by atoms with Gasteiger partial charge in [-0.05, 0) is 75.6 Å². The van der Waals surface area contributed by atoms with Gasteiger partial charge in [0.05, 0.1) is 6.04 Å². The molecule has 0 unspecified atom stereocenters. The Morgan fingerprint density at radius 2 is 1.78 bits per heavy atom. The largest absolute Gasteiger partial charge is 0.333 e. The maximum atomic E-state index is 13.2. The van der Waals surface area contributed by atoms with Gasteiger partial charge in [-0.1, -0.05) is 30.3 Å². The van der Waals surface area contributed by atoms with Crippen molar-refractivity contribution in [2.24, 2.45) is 11.3 Å². The quantitative estimate of drug-likeness (QED) is 0.886. The third-order valence-corrected chi connectivity index (χ3v) is 7.38. The van der Waals surface area contributed by atoms with Crippen molar-refractivity contribution in [1.29, 1.82) is 0 Å². The number of carbonyl (C=O) groups is 1. The Morgan fingerprint density at radius 1 is 1.07 bits per heavy atom. The van der Waals surface area contributed by atoms with Crippen molar-refractivity contribution in [1.82, 2.24) is 15.1 Å². The molecule has 1 spiro atoms. The number of piperidine rings is 1. The van der Waals surface area contributed by atoms with E-state index in [0.717, 1.165) is 26.1 Å². The van der Waals surface area contributed by atoms with Crippen LogP contribution in [0.15, 0.2) is 30.3 Å². The van der Waals surface area contributed by atoms with E-state index < -0.39 is 0 Å². The van der Waals surface area contributed by atoms with E-state index in [2.05, 4.69) is 52.5 Å². The molecule has 2 aliphatic heterocycles. The Morgan fingerprint density at radius 3 is 2.48 bits per heavy atom. The number of carbonyl (C=O) groups excluding carboxylic acids is 1. The molecule has 1 amide bonds. The number of rotatable bonds is 3. The summed E-state index contributed by atoms with van der Waals surface area (Å²) in [4.78, 5) is 17.7. The van der Waals surface area contributed by atoms with Crippen LogP contribution in [0.25, 0.3) is 0 Å². The average molecular weight is 370 g/mol. The fourth-order valence-electron chi connectivity index (χ4n) is 5.49. The van der Waals surface area contributed by atoms with Gasteiger partial charge in [0, 0.05) is 26.1 Å². The van der Waals surface area contributed by atoms with Gasteiger partial charge in [0.25, 0.3) is 0 Å². The zero-order valence-corrected chi connectivity index (χ0v) is 16.8. The molecule has 1 N–H and O–H groups in total. The van der Waals surface area contributed by atoms with Gasteiger partial charge in [0.1, 0.15) is 0 Å². The van der Waals surface area contributed by atoms with Gasteiger partial charge < -0.3 is 15.1 Å². The fraction of sp³-hybridized carbons (Fsp3) is 0.696. The lowest BCUT2D eigenvalue weighted by Crippen LogP contribution is -2.49. The number of benzene rings is 1. The third-order valence-electron chi connectivity index (χ3n) is 7.38. The maximum absolute atomic E-state index is 13.2. The first-order valence-electron chi connectivity index (χ1n) is 10.9. The molecule has 4 nitrogen and oxygen atoms in total. The second kappa shape index (κ2) is 8.32. The minimum absolute atomic E-state index is 0.205. The van der Waals surface area contributed by atoms with Crippen molar-refractivity contribution >= 4 is 5.91 Å². The molecule has 1 atom stereocenters. The minimum Gasteiger partial charge on any atom is -0.333 e. The van der Waals surface area contributed by atoms with Crippen LogP contribution in [0.3, 0.4) is 0 Å². The lowest BCUT2D eigenvalue weighted by molar-refractivity contribution is -0.137. The zero-order valence-electron chi connectivity index (χ0n) is 16.8. The summed E-state index contributed by atoms with van der Waals surface area (Å²) in [5, 5.41) is 3.50. The van der Waals surface area contributed by atoms with E-state index in [9.17, 15) is 4.79 Å². The SMILES string of the molecule is CN1CCN(C(=O)CC2CCC3(CCNCC3)CC2)[C@H](c2ccccc2)C1. The minimum atomic E-state index is 0.205. The monoisotopic (exact) mass is 369 g/mol. The summed E-state index contributed by atoms with van der Waals surface area (Å²) in [5.74, 6) is 0.970. The van der Waals surface area contributed by atoms with E-state index in [4.69, 9.17) is 0 Å². The molecule has 1 aromatic carbocycles. The lowest BCUT2D eigenvalue weighted by Gasteiger charge is -2.44. The highest BCUT2D eigenvalue weighted by atomic mass is 16.2. The first kappa shape index (κ1) is 18.9. The van der Waals surface area contributed by atoms with Crippen molar-refractivity contribution in [3.8, 4) is 0 Å². The molecular weight excluding hydrogens is 334 g/mol. The summed E-state index contributed by atoms with van der Waals surface area (Å²) >= 11 is 0. The normalized spacial score (nSPS) is 27.0. The Bertz CT molecular complexity index is 616. The predicted molar refractivity (Wildman–Crippen MR) is 110 cm³/mol. The van der Waals surface area contributed by atoms with Crippen LogP contribution in [-0.2, 0) is 4.79 Å². The Balaban J connectivity index is 1.37. The molecule has 27 heavy (non-hydrogen) atoms. The van der Waals surface area contributed by atoms with Crippen LogP contribution in [0.5, 0.6) is 0 Å². The number of hydrogen-bond acceptors (Lipinski definition) is 3. The molecule has 2 heterocycles. The van der Waals surface area contributed by atoms with Gasteiger partial charge in [-0.2, -0.15) is 0 Å². The zero-order chi connectivity index (χ0) is 18.7. The number of piperazine rings is 1. The van der Waals surface area contributed by atoms with Crippen molar-refractivity contribution in [2.45, 2.75) is 51.0 Å². The maximum Gasteiger partial charge on any atom is 0.223 e. The van der Waals surface area contributed by atoms with Gasteiger partial charge in [-0.25, -0.2) is 0 Å². The summed E-state index contributed by atoms with van der Waals surface area (Å²) in [6.45, 7) is 5.15. The van der Waals surface area contributed by atoms with E-state index in [1.54, 1.807) is 0 Å². The van der Waals surface area contributed by atoms with E-state index in [1.165, 1.54) is 57.2 Å². The molecule has 3 aliphatic rings. The topological polar surface area (TPSA) is 35.6 Å². The fourth-order valence-corrected chi connectivity index (χ4v) is 5.49. The van der Waals surface area contributed by atoms with E-state index in [-0.39, 0.29) is 6.04 Å². The van der Waals surface area contributed by atoms with Crippen molar-refractivity contribution in [3.05, 3.63) is 35.9 Å². The van der Waals surface area contributed by atoms with E-state index in [0.29, 0.717) is 17.2 Å². The summed E-state index contributed by atoms with van der Waals surface area (Å²) in [7, 11) is 2.16. The molecule has 1 saturated carbocycles. The van der Waals surface area contributed by atoms with Crippen LogP contribution in [0.2, 0.25) is 0 Å². The first-order chi connectivity index (χ1) is 13.2. The number of nitrogens with one attached hydrogen (secondary N) is 1. The highest BCUT2D eigenvalue weighted by Crippen LogP contribution is 2.46. The molecular formula is C23H35N3O. The standard InChI is InChI=1S/C23H35N3O/c1-25-15-16-26(21(18-25)20-5-3-2-4-6-20)22(27)17-19-7-9-23(10-8-19)11-13-24-14-12-23/h2-6,19,21,24H,7-18H2,1H3/t21-/m0/s1. The molecule has 0 aromatic heterocycles. The summed E-state index contributed by atoms with van der Waals surface area (Å²) < 4.78 is 0. The third kappa shape index (κ3) is 4.38. The number of amides is 1. The van der Waals surface area contributed by atoms with Crippen molar-refractivity contribution < 1.29 is 4.79 Å². The van der Waals surface area contributed by atoms with Crippen LogP contribution in [0, 0.1) is 11.3 Å². The van der Waals surface area contributed by atoms with Crippen LogP contribution < -0.4 is 5.32 Å². The number of likely N-dealkylation sites (N-methyl/N-ethyl adjacent to an activating group) is 1. The van der Waals surface area contributed by atoms with Gasteiger partial charge in [-0.15, -0.1) is 0 Å². The molecule has 4 rings (SSSR count). The summed E-state index contributed by atoms with van der Waals surface area (Å²) in [5.41, 5.74) is 1.86. The number of hydrogen-bond donors (Lipinski definition) is 1. The summed E-state index contributed by atoms with van der Waals surface area (Å²) in [6.07, 6.45) is 8.58. The second-order valence-electron chi connectivity index (χ2n) is 9.17. The molecule has 1 aliphatic carbocycles. The van der Waals surface area contributed by atoms with Gasteiger partial charge >= 0.3 is 0 Å². The Labute approximate surface area is 164 Å². The van der Waals surface area contributed by atoms with Gasteiger partial charge in [-0.3, -0.25) is 4.79 Å². The highest BCUT2D eigenvalue weighted by molar-refractivity contribution is 5.77. The van der Waals surface area contributed by atoms with Crippen LogP contribution >= 0.6 is 0 Å². The predicted octanol–water partition coefficient (Wildman–Crippen LogP) is 3.45. The average Bonchev–Trinajstić information content (AvgIpc) is 2.71. The van der Waals surface area contributed by atoms with Gasteiger partial charge in [0.2, 0.25) is 5.91 Å². The summed E-state index contributed by atoms with van der Waals surface area (Å²) in [6, 6.07) is 10.8. The van der Waals surface area contributed by atoms with Crippen molar-refractivity contribution in [2.75, 3.05) is 39.8 Å². The first-order valence-corrected chi connectivity index (χ1v) is 10.9. The Kier molecular flexibility index (Phi) is 5.84. The molecule has 3 fully saturated rings. The molecule has 0 bridgehead atoms. The Hall–Kier alpha value is -1.39. The van der Waals surface area contributed by atoms with Crippen LogP contribution in [-0.4, -0.2) is 55.5 Å². The van der Waals surface area contributed by atoms with E-state index >= 15 is 0 Å². The molecule has 2 saturated heterocycles. The highest BCUT2D eigenvalue weighted by Gasteiger charge is 2.38. The smallest absolute Gasteiger partial charge is 0.223 e. The molecule has 1 aromatic rings. The second-order valence-corrected chi connectivity index (χ2v) is 9.17. The molecule has 0 radical (unpaired) electrons. The van der Waals surface area contributed by atoms with Gasteiger partial charge in [0.15, 0.2) is 0 Å². The van der Waals surface area contributed by atoms with Crippen LogP contribution in [0.4, 0.5) is 0 Å². The van der Waals surface area contributed by atoms with Crippen molar-refractivity contribution in [3.63, 3.8) is 0 Å². The van der Waals surface area contributed by atoms with Crippen LogP contribution in [0.1, 0.15) is 56.6 Å². The molecule has 148 valence electrons. The lowest BCUT2D eigenvalue weighted by atomic mass is 9.65. The van der Waals surface area contributed by atoms with E-state index in [1.807, 2.05) is 0 Å².